The highest BCUT2D eigenvalue weighted by Gasteiger charge is 2.16. The summed E-state index contributed by atoms with van der Waals surface area (Å²) in [5, 5.41) is 10.6. The summed E-state index contributed by atoms with van der Waals surface area (Å²) in [6.07, 6.45) is -0.747. The number of ether oxygens (including phenoxy) is 2. The van der Waals surface area contributed by atoms with Gasteiger partial charge in [-0.25, -0.2) is 0 Å². The van der Waals surface area contributed by atoms with Crippen molar-refractivity contribution < 1.29 is 14.6 Å². The van der Waals surface area contributed by atoms with Crippen LogP contribution in [-0.2, 0) is 0 Å². The number of hydrogen-bond acceptors (Lipinski definition) is 3. The fourth-order valence-electron chi connectivity index (χ4n) is 1.89. The third-order valence-corrected chi connectivity index (χ3v) is 4.34. The fraction of sp³-hybridized carbons (Fsp3) is 0.200. The van der Waals surface area contributed by atoms with Gasteiger partial charge in [0.15, 0.2) is 0 Å². The van der Waals surface area contributed by atoms with Gasteiger partial charge in [0.05, 0.1) is 14.2 Å². The highest BCUT2D eigenvalue weighted by atomic mass is 127. The molecule has 2 aromatic carbocycles. The molecule has 1 atom stereocenters. The first kappa shape index (κ1) is 15.6. The number of aliphatic hydroxyl groups excluding tert-OH is 1. The largest absolute Gasteiger partial charge is 0.497 e. The quantitative estimate of drug-likeness (QED) is 0.714. The maximum absolute atomic E-state index is 10.6. The van der Waals surface area contributed by atoms with Gasteiger partial charge in [-0.2, -0.15) is 0 Å². The number of rotatable bonds is 4. The van der Waals surface area contributed by atoms with Crippen LogP contribution in [0.1, 0.15) is 17.2 Å². The maximum Gasteiger partial charge on any atom is 0.122 e. The minimum atomic E-state index is -0.747. The molecule has 0 aliphatic rings. The van der Waals surface area contributed by atoms with E-state index in [9.17, 15) is 5.11 Å². The summed E-state index contributed by atoms with van der Waals surface area (Å²) in [6, 6.07) is 11.2. The number of benzene rings is 2. The zero-order chi connectivity index (χ0) is 14.7. The van der Waals surface area contributed by atoms with E-state index in [0.717, 1.165) is 19.2 Å². The standard InChI is InChI=1S/C15H14BrIO3/c1-19-11-5-9(6-12(8-11)20-2)15(18)13-7-10(17)3-4-14(13)16/h3-8,15,18H,1-2H3. The normalized spacial score (nSPS) is 12.1. The summed E-state index contributed by atoms with van der Waals surface area (Å²) < 4.78 is 12.4. The van der Waals surface area contributed by atoms with Gasteiger partial charge in [0.1, 0.15) is 17.6 Å². The van der Waals surface area contributed by atoms with Crippen molar-refractivity contribution in [3.63, 3.8) is 0 Å². The number of aliphatic hydroxyl groups is 1. The lowest BCUT2D eigenvalue weighted by atomic mass is 10.0. The molecule has 106 valence electrons. The smallest absolute Gasteiger partial charge is 0.122 e. The Labute approximate surface area is 140 Å². The maximum atomic E-state index is 10.6. The molecule has 3 nitrogen and oxygen atoms in total. The van der Waals surface area contributed by atoms with Crippen LogP contribution in [0.5, 0.6) is 11.5 Å². The van der Waals surface area contributed by atoms with Crippen LogP contribution in [0.4, 0.5) is 0 Å². The first-order chi connectivity index (χ1) is 9.55. The Balaban J connectivity index is 2.46. The molecule has 0 saturated carbocycles. The van der Waals surface area contributed by atoms with Crippen molar-refractivity contribution in [2.75, 3.05) is 14.2 Å². The lowest BCUT2D eigenvalue weighted by Gasteiger charge is -2.16. The Morgan fingerprint density at radius 1 is 1.05 bits per heavy atom. The fourth-order valence-corrected chi connectivity index (χ4v) is 2.87. The molecule has 5 heteroatoms. The van der Waals surface area contributed by atoms with Gasteiger partial charge in [-0.1, -0.05) is 15.9 Å². The second kappa shape index (κ2) is 6.78. The average molecular weight is 449 g/mol. The third kappa shape index (κ3) is 3.45. The number of methoxy groups -OCH3 is 2. The first-order valence-corrected chi connectivity index (χ1v) is 7.78. The van der Waals surface area contributed by atoms with E-state index in [4.69, 9.17) is 9.47 Å². The van der Waals surface area contributed by atoms with Gasteiger partial charge in [-0.3, -0.25) is 0 Å². The second-order valence-corrected chi connectivity index (χ2v) is 6.31. The Hall–Kier alpha value is -0.790. The molecule has 0 saturated heterocycles. The molecule has 0 radical (unpaired) electrons. The van der Waals surface area contributed by atoms with Crippen LogP contribution < -0.4 is 9.47 Å². The van der Waals surface area contributed by atoms with E-state index >= 15 is 0 Å². The topological polar surface area (TPSA) is 38.7 Å². The van der Waals surface area contributed by atoms with Crippen molar-refractivity contribution in [3.8, 4) is 11.5 Å². The van der Waals surface area contributed by atoms with Gasteiger partial charge in [-0.15, -0.1) is 0 Å². The number of halogens is 2. The molecule has 0 heterocycles. The van der Waals surface area contributed by atoms with E-state index in [2.05, 4.69) is 38.5 Å². The van der Waals surface area contributed by atoms with Crippen LogP contribution in [0.15, 0.2) is 40.9 Å². The Bertz CT molecular complexity index is 594. The molecular weight excluding hydrogens is 435 g/mol. The van der Waals surface area contributed by atoms with Crippen molar-refractivity contribution in [1.82, 2.24) is 0 Å². The van der Waals surface area contributed by atoms with Crippen molar-refractivity contribution in [2.24, 2.45) is 0 Å². The van der Waals surface area contributed by atoms with E-state index in [-0.39, 0.29) is 0 Å². The summed E-state index contributed by atoms with van der Waals surface area (Å²) in [4.78, 5) is 0. The lowest BCUT2D eigenvalue weighted by Crippen LogP contribution is -2.02. The monoisotopic (exact) mass is 448 g/mol. The molecule has 2 aromatic rings. The van der Waals surface area contributed by atoms with Gasteiger partial charge < -0.3 is 14.6 Å². The molecule has 1 N–H and O–H groups in total. The van der Waals surface area contributed by atoms with Crippen molar-refractivity contribution in [3.05, 3.63) is 55.6 Å². The van der Waals surface area contributed by atoms with E-state index in [0.29, 0.717) is 11.5 Å². The molecule has 2 rings (SSSR count). The lowest BCUT2D eigenvalue weighted by molar-refractivity contribution is 0.218. The van der Waals surface area contributed by atoms with Crippen LogP contribution in [0.3, 0.4) is 0 Å². The van der Waals surface area contributed by atoms with Crippen molar-refractivity contribution in [2.45, 2.75) is 6.10 Å². The van der Waals surface area contributed by atoms with Crippen LogP contribution in [0.2, 0.25) is 0 Å². The van der Waals surface area contributed by atoms with Crippen LogP contribution in [-0.4, -0.2) is 19.3 Å². The molecule has 0 spiro atoms. The summed E-state index contributed by atoms with van der Waals surface area (Å²) in [5.74, 6) is 1.31. The van der Waals surface area contributed by atoms with E-state index in [1.54, 1.807) is 32.4 Å². The number of hydrogen-bond donors (Lipinski definition) is 1. The van der Waals surface area contributed by atoms with Crippen molar-refractivity contribution >= 4 is 38.5 Å². The highest BCUT2D eigenvalue weighted by molar-refractivity contribution is 14.1. The van der Waals surface area contributed by atoms with Gasteiger partial charge >= 0.3 is 0 Å². The Kier molecular flexibility index (Phi) is 5.29. The molecule has 0 bridgehead atoms. The van der Waals surface area contributed by atoms with Crippen LogP contribution in [0.25, 0.3) is 0 Å². The minimum Gasteiger partial charge on any atom is -0.497 e. The van der Waals surface area contributed by atoms with Gasteiger partial charge in [-0.05, 0) is 58.5 Å². The summed E-state index contributed by atoms with van der Waals surface area (Å²) >= 11 is 5.70. The second-order valence-electron chi connectivity index (χ2n) is 4.21. The molecule has 0 aliphatic carbocycles. The predicted molar refractivity (Wildman–Crippen MR) is 90.5 cm³/mol. The van der Waals surface area contributed by atoms with E-state index < -0.39 is 6.10 Å². The van der Waals surface area contributed by atoms with Crippen LogP contribution >= 0.6 is 38.5 Å². The SMILES string of the molecule is COc1cc(OC)cc(C(O)c2cc(I)ccc2Br)c1. The predicted octanol–water partition coefficient (Wildman–Crippen LogP) is 4.15. The van der Waals surface area contributed by atoms with E-state index in [1.807, 2.05) is 18.2 Å². The van der Waals surface area contributed by atoms with Gasteiger partial charge in [0.25, 0.3) is 0 Å². The first-order valence-electron chi connectivity index (χ1n) is 5.91. The zero-order valence-electron chi connectivity index (χ0n) is 11.1. The summed E-state index contributed by atoms with van der Waals surface area (Å²) in [7, 11) is 3.18. The summed E-state index contributed by atoms with van der Waals surface area (Å²) in [6.45, 7) is 0. The molecule has 0 aromatic heterocycles. The van der Waals surface area contributed by atoms with Gasteiger partial charge in [0.2, 0.25) is 0 Å². The van der Waals surface area contributed by atoms with Crippen LogP contribution in [0, 0.1) is 3.57 Å². The van der Waals surface area contributed by atoms with Crippen molar-refractivity contribution in [1.29, 1.82) is 0 Å². The average Bonchev–Trinajstić information content (AvgIpc) is 2.48. The molecule has 0 fully saturated rings. The highest BCUT2D eigenvalue weighted by Crippen LogP contribution is 2.33. The molecule has 1 unspecified atom stereocenters. The minimum absolute atomic E-state index is 0.653. The molecule has 0 aliphatic heterocycles. The zero-order valence-corrected chi connectivity index (χ0v) is 14.8. The third-order valence-electron chi connectivity index (χ3n) is 2.94. The molecule has 20 heavy (non-hydrogen) atoms. The Morgan fingerprint density at radius 3 is 2.20 bits per heavy atom. The van der Waals surface area contributed by atoms with Gasteiger partial charge in [0, 0.05) is 19.7 Å². The summed E-state index contributed by atoms with van der Waals surface area (Å²) in [5.41, 5.74) is 1.54. The molecule has 0 amide bonds. The van der Waals surface area contributed by atoms with E-state index in [1.165, 1.54) is 0 Å². The Morgan fingerprint density at radius 2 is 1.65 bits per heavy atom. The molecular formula is C15H14BrIO3.